The maximum absolute atomic E-state index is 14.6. The van der Waals surface area contributed by atoms with Crippen LogP contribution in [0.1, 0.15) is 43.7 Å². The standard InChI is InChI=1S/C23H19FN6O.C22H16ClFN6O/c1-2-17(29-22-20-21(26-12-25-20)27-13-28-22)18-11-14-7-6-10-16(24)19(14)23(31)30(18)15-8-4-3-5-9-15;1-12(29-21-19-20(26-10-25-19)27-11-28-21)16-9-13-7-8-15(24)18(23)17(13)22(31)30(16)14-5-3-2-4-6-14/h3-13,17H,2H2,1H3,(H2,25,26,27,28,29);2-12H,1H3,(H2,25,26,27,28,29). The van der Waals surface area contributed by atoms with Gasteiger partial charge in [0.15, 0.2) is 22.9 Å². The fourth-order valence-corrected chi connectivity index (χ4v) is 7.79. The Labute approximate surface area is 355 Å². The van der Waals surface area contributed by atoms with Gasteiger partial charge in [-0.3, -0.25) is 18.7 Å². The first kappa shape index (κ1) is 39.6. The highest BCUT2D eigenvalue weighted by Crippen LogP contribution is 2.31. The minimum atomic E-state index is -0.632. The molecular weight excluding hydrogens is 814 g/mol. The number of aromatic amines is 2. The van der Waals surface area contributed by atoms with Gasteiger partial charge in [-0.25, -0.2) is 38.7 Å². The van der Waals surface area contributed by atoms with Gasteiger partial charge in [0.2, 0.25) is 0 Å². The third kappa shape index (κ3) is 7.25. The normalized spacial score (nSPS) is 12.3. The van der Waals surface area contributed by atoms with Crippen LogP contribution in [0, 0.1) is 11.6 Å². The number of benzene rings is 4. The number of pyridine rings is 2. The maximum atomic E-state index is 14.6. The van der Waals surface area contributed by atoms with Crippen molar-refractivity contribution in [2.75, 3.05) is 10.6 Å². The molecule has 0 spiro atoms. The van der Waals surface area contributed by atoms with Crippen molar-refractivity contribution in [2.45, 2.75) is 32.4 Å². The van der Waals surface area contributed by atoms with E-state index in [0.29, 0.717) is 73.9 Å². The van der Waals surface area contributed by atoms with Crippen LogP contribution in [0.5, 0.6) is 0 Å². The Kier molecular flexibility index (Phi) is 10.6. The van der Waals surface area contributed by atoms with E-state index in [1.807, 2.05) is 86.6 Å². The van der Waals surface area contributed by atoms with Gasteiger partial charge in [0.25, 0.3) is 11.1 Å². The summed E-state index contributed by atoms with van der Waals surface area (Å²) in [4.78, 5) is 58.3. The molecule has 17 heteroatoms. The van der Waals surface area contributed by atoms with E-state index in [2.05, 4.69) is 50.5 Å². The number of halogens is 3. The highest BCUT2D eigenvalue weighted by molar-refractivity contribution is 6.35. The lowest BCUT2D eigenvalue weighted by Crippen LogP contribution is -2.27. The summed E-state index contributed by atoms with van der Waals surface area (Å²) >= 11 is 6.17. The van der Waals surface area contributed by atoms with E-state index in [0.717, 1.165) is 0 Å². The summed E-state index contributed by atoms with van der Waals surface area (Å²) in [6.45, 7) is 3.92. The minimum absolute atomic E-state index is 0.0722. The van der Waals surface area contributed by atoms with Crippen molar-refractivity contribution < 1.29 is 8.78 Å². The Bertz CT molecular complexity index is 3340. The second-order valence-electron chi connectivity index (χ2n) is 14.2. The predicted octanol–water partition coefficient (Wildman–Crippen LogP) is 8.98. The average Bonchev–Trinajstić information content (AvgIpc) is 3.99. The molecule has 0 aliphatic rings. The monoisotopic (exact) mass is 848 g/mol. The first-order valence-electron chi connectivity index (χ1n) is 19.5. The van der Waals surface area contributed by atoms with E-state index in [1.165, 1.54) is 29.4 Å². The lowest BCUT2D eigenvalue weighted by molar-refractivity contribution is 0.629. The zero-order valence-electron chi connectivity index (χ0n) is 33.0. The van der Waals surface area contributed by atoms with Crippen molar-refractivity contribution in [1.82, 2.24) is 49.0 Å². The third-order valence-corrected chi connectivity index (χ3v) is 10.8. The van der Waals surface area contributed by atoms with E-state index in [-0.39, 0.29) is 27.9 Å². The first-order chi connectivity index (χ1) is 30.2. The van der Waals surface area contributed by atoms with Crippen LogP contribution >= 0.6 is 11.6 Å². The van der Waals surface area contributed by atoms with Crippen LogP contribution in [-0.2, 0) is 0 Å². The predicted molar refractivity (Wildman–Crippen MR) is 236 cm³/mol. The lowest BCUT2D eigenvalue weighted by atomic mass is 10.0. The maximum Gasteiger partial charge on any atom is 0.266 e. The molecule has 6 heterocycles. The van der Waals surface area contributed by atoms with Gasteiger partial charge in [-0.15, -0.1) is 0 Å². The van der Waals surface area contributed by atoms with E-state index in [9.17, 15) is 18.4 Å². The third-order valence-electron chi connectivity index (χ3n) is 10.5. The molecule has 0 aliphatic heterocycles. The van der Waals surface area contributed by atoms with Crippen LogP contribution in [0.15, 0.2) is 138 Å². The number of imidazole rings is 2. The van der Waals surface area contributed by atoms with E-state index in [1.54, 1.807) is 35.4 Å². The summed E-state index contributed by atoms with van der Waals surface area (Å²) in [7, 11) is 0. The number of H-pyrrole nitrogens is 2. The van der Waals surface area contributed by atoms with Crippen LogP contribution in [0.25, 0.3) is 55.2 Å². The molecule has 2 unspecified atom stereocenters. The van der Waals surface area contributed by atoms with Gasteiger partial charge in [0.1, 0.15) is 35.3 Å². The van der Waals surface area contributed by atoms with Crippen LogP contribution in [0.4, 0.5) is 20.4 Å². The van der Waals surface area contributed by atoms with Crippen LogP contribution < -0.4 is 21.8 Å². The molecule has 0 amide bonds. The Hall–Kier alpha value is -7.85. The first-order valence-corrected chi connectivity index (χ1v) is 19.9. The molecule has 0 saturated carbocycles. The summed E-state index contributed by atoms with van der Waals surface area (Å²) in [5.74, 6) is -0.0258. The largest absolute Gasteiger partial charge is 0.360 e. The van der Waals surface area contributed by atoms with Gasteiger partial charge in [-0.1, -0.05) is 73.1 Å². The Morgan fingerprint density at radius 2 is 1.18 bits per heavy atom. The van der Waals surface area contributed by atoms with Gasteiger partial charge < -0.3 is 20.6 Å². The summed E-state index contributed by atoms with van der Waals surface area (Å²) in [6.07, 6.45) is 6.63. The van der Waals surface area contributed by atoms with Gasteiger partial charge in [-0.2, -0.15) is 0 Å². The highest BCUT2D eigenvalue weighted by Gasteiger charge is 2.23. The zero-order chi connectivity index (χ0) is 42.9. The summed E-state index contributed by atoms with van der Waals surface area (Å²) < 4.78 is 31.8. The molecular formula is C45H35ClF2N12O2. The lowest BCUT2D eigenvalue weighted by Gasteiger charge is -2.23. The molecule has 0 radical (unpaired) electrons. The second-order valence-corrected chi connectivity index (χ2v) is 14.6. The van der Waals surface area contributed by atoms with Crippen molar-refractivity contribution in [3.63, 3.8) is 0 Å². The van der Waals surface area contributed by atoms with E-state index < -0.39 is 22.8 Å². The molecule has 2 atom stereocenters. The molecule has 6 aromatic heterocycles. The number of aromatic nitrogens is 10. The second kappa shape index (κ2) is 16.7. The van der Waals surface area contributed by atoms with Gasteiger partial charge in [0.05, 0.1) is 40.5 Å². The van der Waals surface area contributed by atoms with Gasteiger partial charge in [-0.05, 0) is 72.6 Å². The average molecular weight is 849 g/mol. The Balaban J connectivity index is 0.000000158. The molecule has 4 aromatic carbocycles. The number of nitrogens with one attached hydrogen (secondary N) is 4. The smallest absolute Gasteiger partial charge is 0.266 e. The molecule has 10 aromatic rings. The van der Waals surface area contributed by atoms with Gasteiger partial charge in [0, 0.05) is 22.8 Å². The van der Waals surface area contributed by atoms with Crippen molar-refractivity contribution in [1.29, 1.82) is 0 Å². The number of para-hydroxylation sites is 2. The molecule has 0 saturated heterocycles. The molecule has 62 heavy (non-hydrogen) atoms. The van der Waals surface area contributed by atoms with E-state index in [4.69, 9.17) is 11.6 Å². The number of anilines is 2. The van der Waals surface area contributed by atoms with Crippen molar-refractivity contribution in [3.05, 3.63) is 177 Å². The number of rotatable bonds is 9. The molecule has 0 aliphatic carbocycles. The molecule has 10 rings (SSSR count). The van der Waals surface area contributed by atoms with Crippen molar-refractivity contribution >= 4 is 67.1 Å². The van der Waals surface area contributed by atoms with Crippen LogP contribution in [0.3, 0.4) is 0 Å². The minimum Gasteiger partial charge on any atom is -0.360 e. The summed E-state index contributed by atoms with van der Waals surface area (Å²) in [5, 5.41) is 7.88. The van der Waals surface area contributed by atoms with Gasteiger partial charge >= 0.3 is 0 Å². The quantitative estimate of drug-likeness (QED) is 0.110. The van der Waals surface area contributed by atoms with E-state index >= 15 is 0 Å². The SMILES string of the molecule is CC(Nc1ncnc2nc[nH]c12)c1cc2ccc(F)c(Cl)c2c(=O)n1-c1ccccc1.CCC(Nc1ncnc2nc[nH]c12)c1cc2cccc(F)c2c(=O)n1-c1ccccc1. The fourth-order valence-electron chi connectivity index (χ4n) is 7.54. The molecule has 14 nitrogen and oxygen atoms in total. The Morgan fingerprint density at radius 3 is 1.79 bits per heavy atom. The molecule has 0 fully saturated rings. The highest BCUT2D eigenvalue weighted by atomic mass is 35.5. The Morgan fingerprint density at radius 1 is 0.629 bits per heavy atom. The molecule has 4 N–H and O–H groups in total. The van der Waals surface area contributed by atoms with Crippen LogP contribution in [-0.4, -0.2) is 49.0 Å². The summed E-state index contributed by atoms with van der Waals surface area (Å²) in [6, 6.07) is 29.0. The number of hydrogen-bond acceptors (Lipinski definition) is 10. The molecule has 0 bridgehead atoms. The fraction of sp³-hybridized carbons (Fsp3) is 0.111. The molecule has 308 valence electrons. The zero-order valence-corrected chi connectivity index (χ0v) is 33.8. The number of nitrogens with zero attached hydrogens (tertiary/aromatic N) is 8. The van der Waals surface area contributed by atoms with Crippen molar-refractivity contribution in [3.8, 4) is 11.4 Å². The topological polar surface area (TPSA) is 177 Å². The number of hydrogen-bond donors (Lipinski definition) is 4. The number of fused-ring (bicyclic) bond motifs is 4. The summed E-state index contributed by atoms with van der Waals surface area (Å²) in [5.41, 5.74) is 4.32. The van der Waals surface area contributed by atoms with Crippen molar-refractivity contribution in [2.24, 2.45) is 0 Å². The van der Waals surface area contributed by atoms with Crippen LogP contribution in [0.2, 0.25) is 5.02 Å².